The zero-order chi connectivity index (χ0) is 14.7. The fraction of sp³-hybridized carbons (Fsp3) is 0.235. The van der Waals surface area contributed by atoms with Crippen molar-refractivity contribution in [2.24, 2.45) is 0 Å². The Bertz CT molecular complexity index is 640. The molecule has 0 fully saturated rings. The molecular weight excluding hydrogens is 266 g/mol. The first-order chi connectivity index (χ1) is 10.2. The van der Waals surface area contributed by atoms with Gasteiger partial charge in [0.05, 0.1) is 0 Å². The lowest BCUT2D eigenvalue weighted by Gasteiger charge is -2.24. The standard InChI is InChI=1S/C17H17NO3/c19-17(20)16-15-7-6-14(10-13(15)8-9-18-16)21-11-12-4-2-1-3-5-12/h1-7,10,16,18H,8-9,11H2,(H,19,20). The monoisotopic (exact) mass is 283 g/mol. The van der Waals surface area contributed by atoms with E-state index in [0.717, 1.165) is 28.9 Å². The van der Waals surface area contributed by atoms with Crippen molar-refractivity contribution in [2.45, 2.75) is 19.1 Å². The molecule has 4 nitrogen and oxygen atoms in total. The van der Waals surface area contributed by atoms with E-state index < -0.39 is 12.0 Å². The number of carboxylic acids is 1. The van der Waals surface area contributed by atoms with Crippen LogP contribution in [0.15, 0.2) is 48.5 Å². The van der Waals surface area contributed by atoms with Gasteiger partial charge in [0.1, 0.15) is 18.4 Å². The lowest BCUT2D eigenvalue weighted by Crippen LogP contribution is -2.34. The van der Waals surface area contributed by atoms with Crippen molar-refractivity contribution >= 4 is 5.97 Å². The highest BCUT2D eigenvalue weighted by molar-refractivity contribution is 5.76. The van der Waals surface area contributed by atoms with Gasteiger partial charge < -0.3 is 15.2 Å². The van der Waals surface area contributed by atoms with E-state index in [1.54, 1.807) is 0 Å². The second kappa shape index (κ2) is 5.97. The number of nitrogens with one attached hydrogen (secondary N) is 1. The molecule has 1 aliphatic heterocycles. The fourth-order valence-electron chi connectivity index (χ4n) is 2.59. The van der Waals surface area contributed by atoms with Crippen molar-refractivity contribution in [3.63, 3.8) is 0 Å². The van der Waals surface area contributed by atoms with Gasteiger partial charge in [0.25, 0.3) is 0 Å². The molecule has 0 saturated carbocycles. The summed E-state index contributed by atoms with van der Waals surface area (Å²) >= 11 is 0. The number of carbonyl (C=O) groups is 1. The summed E-state index contributed by atoms with van der Waals surface area (Å²) in [7, 11) is 0. The minimum atomic E-state index is -0.839. The molecule has 0 aromatic heterocycles. The largest absolute Gasteiger partial charge is 0.489 e. The summed E-state index contributed by atoms with van der Waals surface area (Å²) in [5.74, 6) is -0.0578. The van der Waals surface area contributed by atoms with E-state index in [4.69, 9.17) is 4.74 Å². The molecule has 0 radical (unpaired) electrons. The topological polar surface area (TPSA) is 58.6 Å². The summed E-state index contributed by atoms with van der Waals surface area (Å²) < 4.78 is 5.79. The maximum absolute atomic E-state index is 11.2. The number of hydrogen-bond acceptors (Lipinski definition) is 3. The number of benzene rings is 2. The van der Waals surface area contributed by atoms with Crippen LogP contribution in [0.4, 0.5) is 0 Å². The molecule has 0 bridgehead atoms. The third kappa shape index (κ3) is 3.06. The second-order valence-corrected chi connectivity index (χ2v) is 5.11. The van der Waals surface area contributed by atoms with Crippen molar-refractivity contribution in [1.82, 2.24) is 5.32 Å². The highest BCUT2D eigenvalue weighted by Crippen LogP contribution is 2.27. The molecule has 1 unspecified atom stereocenters. The lowest BCUT2D eigenvalue weighted by molar-refractivity contribution is -0.139. The number of hydrogen-bond donors (Lipinski definition) is 2. The summed E-state index contributed by atoms with van der Waals surface area (Å²) in [6, 6.07) is 15.0. The summed E-state index contributed by atoms with van der Waals surface area (Å²) in [5, 5.41) is 12.2. The Morgan fingerprint density at radius 1 is 1.24 bits per heavy atom. The van der Waals surface area contributed by atoms with E-state index in [9.17, 15) is 9.90 Å². The number of carboxylic acid groups (broad SMARTS) is 1. The molecule has 0 amide bonds. The number of ether oxygens (including phenoxy) is 1. The quantitative estimate of drug-likeness (QED) is 0.905. The summed E-state index contributed by atoms with van der Waals surface area (Å²) in [6.45, 7) is 1.19. The Kier molecular flexibility index (Phi) is 3.88. The Balaban J connectivity index is 1.75. The predicted octanol–water partition coefficient (Wildman–Crippen LogP) is 2.54. The summed E-state index contributed by atoms with van der Waals surface area (Å²) in [6.07, 6.45) is 0.821. The van der Waals surface area contributed by atoms with Gasteiger partial charge >= 0.3 is 5.97 Å². The van der Waals surface area contributed by atoms with Crippen LogP contribution in [0.2, 0.25) is 0 Å². The van der Waals surface area contributed by atoms with Crippen LogP contribution < -0.4 is 10.1 Å². The molecule has 1 heterocycles. The van der Waals surface area contributed by atoms with Crippen LogP contribution in [0.5, 0.6) is 5.75 Å². The van der Waals surface area contributed by atoms with Crippen molar-refractivity contribution in [1.29, 1.82) is 0 Å². The SMILES string of the molecule is O=C(O)C1NCCc2cc(OCc3ccccc3)ccc21. The zero-order valence-corrected chi connectivity index (χ0v) is 11.6. The smallest absolute Gasteiger partial charge is 0.325 e. The third-order valence-corrected chi connectivity index (χ3v) is 3.66. The number of aliphatic carboxylic acids is 1. The van der Waals surface area contributed by atoms with E-state index in [0.29, 0.717) is 13.2 Å². The van der Waals surface area contributed by atoms with Gasteiger partial charge in [-0.3, -0.25) is 4.79 Å². The Hall–Kier alpha value is -2.33. The lowest BCUT2D eigenvalue weighted by atomic mass is 9.94. The van der Waals surface area contributed by atoms with Crippen molar-refractivity contribution in [2.75, 3.05) is 6.54 Å². The van der Waals surface area contributed by atoms with E-state index in [2.05, 4.69) is 5.32 Å². The highest BCUT2D eigenvalue weighted by atomic mass is 16.5. The van der Waals surface area contributed by atoms with Gasteiger partial charge in [-0.2, -0.15) is 0 Å². The van der Waals surface area contributed by atoms with E-state index in [-0.39, 0.29) is 0 Å². The molecule has 4 heteroatoms. The average Bonchev–Trinajstić information content (AvgIpc) is 2.53. The number of fused-ring (bicyclic) bond motifs is 1. The molecule has 1 aliphatic rings. The molecule has 2 aromatic carbocycles. The highest BCUT2D eigenvalue weighted by Gasteiger charge is 2.25. The van der Waals surface area contributed by atoms with Gasteiger partial charge in [0, 0.05) is 6.54 Å². The third-order valence-electron chi connectivity index (χ3n) is 3.66. The van der Waals surface area contributed by atoms with Gasteiger partial charge in [-0.1, -0.05) is 36.4 Å². The first-order valence-electron chi connectivity index (χ1n) is 7.00. The Labute approximate surface area is 123 Å². The normalized spacial score (nSPS) is 17.0. The number of rotatable bonds is 4. The molecule has 2 N–H and O–H groups in total. The van der Waals surface area contributed by atoms with E-state index in [1.165, 1.54) is 0 Å². The van der Waals surface area contributed by atoms with Crippen LogP contribution in [0, 0.1) is 0 Å². The molecule has 0 aliphatic carbocycles. The summed E-state index contributed by atoms with van der Waals surface area (Å²) in [5.41, 5.74) is 2.99. The molecule has 3 rings (SSSR count). The molecule has 21 heavy (non-hydrogen) atoms. The minimum Gasteiger partial charge on any atom is -0.489 e. The fourth-order valence-corrected chi connectivity index (χ4v) is 2.59. The van der Waals surface area contributed by atoms with Crippen LogP contribution >= 0.6 is 0 Å². The molecule has 108 valence electrons. The van der Waals surface area contributed by atoms with Gasteiger partial charge in [0.2, 0.25) is 0 Å². The van der Waals surface area contributed by atoms with Crippen LogP contribution in [0.1, 0.15) is 22.7 Å². The van der Waals surface area contributed by atoms with E-state index >= 15 is 0 Å². The zero-order valence-electron chi connectivity index (χ0n) is 11.6. The van der Waals surface area contributed by atoms with Gasteiger partial charge in [-0.15, -0.1) is 0 Å². The minimum absolute atomic E-state index is 0.514. The maximum Gasteiger partial charge on any atom is 0.325 e. The second-order valence-electron chi connectivity index (χ2n) is 5.11. The molecular formula is C17H17NO3. The van der Waals surface area contributed by atoms with Gasteiger partial charge in [-0.25, -0.2) is 0 Å². The Morgan fingerprint density at radius 3 is 2.81 bits per heavy atom. The van der Waals surface area contributed by atoms with Gasteiger partial charge in [0.15, 0.2) is 0 Å². The first kappa shape index (κ1) is 13.6. The van der Waals surface area contributed by atoms with Crippen LogP contribution in [0.25, 0.3) is 0 Å². The predicted molar refractivity (Wildman–Crippen MR) is 79.3 cm³/mol. The summed E-state index contributed by atoms with van der Waals surface area (Å²) in [4.78, 5) is 11.2. The van der Waals surface area contributed by atoms with Crippen molar-refractivity contribution in [3.05, 3.63) is 65.2 Å². The van der Waals surface area contributed by atoms with Crippen LogP contribution in [-0.2, 0) is 17.8 Å². The van der Waals surface area contributed by atoms with Crippen LogP contribution in [0.3, 0.4) is 0 Å². The molecule has 0 saturated heterocycles. The average molecular weight is 283 g/mol. The molecule has 0 spiro atoms. The molecule has 1 atom stereocenters. The Morgan fingerprint density at radius 2 is 2.05 bits per heavy atom. The first-order valence-corrected chi connectivity index (χ1v) is 7.00. The van der Waals surface area contributed by atoms with Crippen molar-refractivity contribution in [3.8, 4) is 5.75 Å². The van der Waals surface area contributed by atoms with Crippen molar-refractivity contribution < 1.29 is 14.6 Å². The van der Waals surface area contributed by atoms with Crippen LogP contribution in [-0.4, -0.2) is 17.6 Å². The maximum atomic E-state index is 11.2. The van der Waals surface area contributed by atoms with Gasteiger partial charge in [-0.05, 0) is 35.2 Å². The molecule has 2 aromatic rings. The van der Waals surface area contributed by atoms with E-state index in [1.807, 2.05) is 48.5 Å².